The standard InChI is InChI=1S/C27H21N3O3/c1-27(24(31)17-10-4-2-5-11-17)22-21(23-20-15-9-8-12-18(20)16-28-30(23)27)25(32)29(26(22)33)19-13-6-3-7-14-19/h2-16,21-23H,1H3/t21-,22+,23+,27-/m0/s1. The zero-order valence-corrected chi connectivity index (χ0v) is 18.0. The molecule has 6 heteroatoms. The molecule has 6 nitrogen and oxygen atoms in total. The Balaban J connectivity index is 1.56. The fraction of sp³-hybridized carbons (Fsp3) is 0.185. The second-order valence-electron chi connectivity index (χ2n) is 8.86. The van der Waals surface area contributed by atoms with Gasteiger partial charge < -0.3 is 0 Å². The van der Waals surface area contributed by atoms with Gasteiger partial charge in [0.2, 0.25) is 11.8 Å². The molecule has 0 bridgehead atoms. The lowest BCUT2D eigenvalue weighted by atomic mass is 9.76. The third-order valence-electron chi connectivity index (χ3n) is 7.18. The predicted octanol–water partition coefficient (Wildman–Crippen LogP) is 3.84. The van der Waals surface area contributed by atoms with Crippen molar-refractivity contribution in [3.05, 3.63) is 102 Å². The van der Waals surface area contributed by atoms with E-state index in [1.807, 2.05) is 36.4 Å². The number of hydrazone groups is 1. The lowest BCUT2D eigenvalue weighted by molar-refractivity contribution is -0.124. The number of imide groups is 1. The van der Waals surface area contributed by atoms with Crippen LogP contribution in [-0.2, 0) is 9.59 Å². The molecule has 33 heavy (non-hydrogen) atoms. The predicted molar refractivity (Wildman–Crippen MR) is 124 cm³/mol. The van der Waals surface area contributed by atoms with Gasteiger partial charge in [-0.1, -0.05) is 72.8 Å². The van der Waals surface area contributed by atoms with Crippen LogP contribution in [-0.4, -0.2) is 34.4 Å². The number of benzene rings is 3. The van der Waals surface area contributed by atoms with Crippen LogP contribution >= 0.6 is 0 Å². The van der Waals surface area contributed by atoms with E-state index in [9.17, 15) is 14.4 Å². The maximum absolute atomic E-state index is 14.0. The highest BCUT2D eigenvalue weighted by molar-refractivity contribution is 6.25. The molecule has 3 aliphatic heterocycles. The number of para-hydroxylation sites is 1. The van der Waals surface area contributed by atoms with Gasteiger partial charge in [0, 0.05) is 5.56 Å². The summed E-state index contributed by atoms with van der Waals surface area (Å²) in [4.78, 5) is 42.9. The highest BCUT2D eigenvalue weighted by Gasteiger charge is 2.71. The summed E-state index contributed by atoms with van der Waals surface area (Å²) >= 11 is 0. The molecule has 0 unspecified atom stereocenters. The smallest absolute Gasteiger partial charge is 0.240 e. The van der Waals surface area contributed by atoms with Crippen LogP contribution in [0, 0.1) is 11.8 Å². The normalized spacial score (nSPS) is 27.4. The first kappa shape index (κ1) is 19.6. The van der Waals surface area contributed by atoms with E-state index in [1.54, 1.807) is 66.7 Å². The van der Waals surface area contributed by atoms with E-state index >= 15 is 0 Å². The Bertz CT molecular complexity index is 1320. The Labute approximate surface area is 191 Å². The minimum Gasteiger partial charge on any atom is -0.291 e. The van der Waals surface area contributed by atoms with E-state index in [2.05, 4.69) is 5.10 Å². The van der Waals surface area contributed by atoms with Gasteiger partial charge in [-0.3, -0.25) is 19.4 Å². The van der Waals surface area contributed by atoms with Crippen LogP contribution in [0.4, 0.5) is 5.69 Å². The Morgan fingerprint density at radius 3 is 2.21 bits per heavy atom. The van der Waals surface area contributed by atoms with E-state index in [0.717, 1.165) is 11.1 Å². The van der Waals surface area contributed by atoms with Crippen molar-refractivity contribution in [1.82, 2.24) is 5.01 Å². The van der Waals surface area contributed by atoms with E-state index < -0.39 is 23.4 Å². The number of ketones is 1. The first-order chi connectivity index (χ1) is 16.0. The number of anilines is 1. The lowest BCUT2D eigenvalue weighted by Crippen LogP contribution is -2.54. The first-order valence-electron chi connectivity index (χ1n) is 11.0. The molecule has 162 valence electrons. The molecule has 4 atom stereocenters. The molecule has 2 fully saturated rings. The summed E-state index contributed by atoms with van der Waals surface area (Å²) in [6.07, 6.45) is 1.72. The van der Waals surface area contributed by atoms with Gasteiger partial charge in [0.25, 0.3) is 0 Å². The quantitative estimate of drug-likeness (QED) is 0.463. The molecule has 6 rings (SSSR count). The van der Waals surface area contributed by atoms with Crippen molar-refractivity contribution in [2.45, 2.75) is 18.5 Å². The first-order valence-corrected chi connectivity index (χ1v) is 11.0. The Morgan fingerprint density at radius 2 is 1.48 bits per heavy atom. The number of hydrogen-bond donors (Lipinski definition) is 0. The van der Waals surface area contributed by atoms with E-state index in [0.29, 0.717) is 11.3 Å². The Kier molecular flexibility index (Phi) is 4.14. The number of fused-ring (bicyclic) bond motifs is 5. The van der Waals surface area contributed by atoms with Gasteiger partial charge >= 0.3 is 0 Å². The average molecular weight is 435 g/mol. The molecule has 2 saturated heterocycles. The van der Waals surface area contributed by atoms with Crippen LogP contribution in [0.2, 0.25) is 0 Å². The molecule has 0 radical (unpaired) electrons. The molecular weight excluding hydrogens is 414 g/mol. The molecule has 0 N–H and O–H groups in total. The van der Waals surface area contributed by atoms with Crippen molar-refractivity contribution in [1.29, 1.82) is 0 Å². The fourth-order valence-corrected chi connectivity index (χ4v) is 5.68. The van der Waals surface area contributed by atoms with Crippen LogP contribution in [0.25, 0.3) is 0 Å². The number of rotatable bonds is 3. The minimum atomic E-state index is -1.31. The number of hydrogen-bond acceptors (Lipinski definition) is 5. The Hall–Kier alpha value is -4.06. The van der Waals surface area contributed by atoms with Crippen molar-refractivity contribution in [3.8, 4) is 0 Å². The molecule has 3 heterocycles. The molecule has 0 spiro atoms. The van der Waals surface area contributed by atoms with Gasteiger partial charge in [0.15, 0.2) is 5.78 Å². The summed E-state index contributed by atoms with van der Waals surface area (Å²) in [5.41, 5.74) is 1.51. The number of Topliss-reactive ketones (excluding diaryl/α,β-unsaturated/α-hetero) is 1. The average Bonchev–Trinajstić information content (AvgIpc) is 3.29. The monoisotopic (exact) mass is 435 g/mol. The molecule has 3 aliphatic rings. The number of amides is 2. The SMILES string of the molecule is C[C@@]1(C(=O)c2ccccc2)[C@H]2C(=O)N(c3ccccc3)C(=O)[C@@H]2[C@H]2c3ccccc3C=NN21. The van der Waals surface area contributed by atoms with Gasteiger partial charge in [-0.25, -0.2) is 4.90 Å². The highest BCUT2D eigenvalue weighted by Crippen LogP contribution is 2.57. The summed E-state index contributed by atoms with van der Waals surface area (Å²) in [5.74, 6) is -2.43. The largest absolute Gasteiger partial charge is 0.291 e. The third-order valence-corrected chi connectivity index (χ3v) is 7.18. The van der Waals surface area contributed by atoms with Crippen LogP contribution < -0.4 is 4.90 Å². The van der Waals surface area contributed by atoms with Crippen LogP contribution in [0.3, 0.4) is 0 Å². The topological polar surface area (TPSA) is 70.0 Å². The number of nitrogens with zero attached hydrogens (tertiary/aromatic N) is 3. The second kappa shape index (κ2) is 6.97. The summed E-state index contributed by atoms with van der Waals surface area (Å²) in [7, 11) is 0. The number of carbonyl (C=O) groups is 3. The summed E-state index contributed by atoms with van der Waals surface area (Å²) < 4.78 is 0. The van der Waals surface area contributed by atoms with Crippen molar-refractivity contribution in [3.63, 3.8) is 0 Å². The van der Waals surface area contributed by atoms with E-state index in [4.69, 9.17) is 0 Å². The van der Waals surface area contributed by atoms with Crippen LogP contribution in [0.1, 0.15) is 34.5 Å². The van der Waals surface area contributed by atoms with Gasteiger partial charge in [-0.15, -0.1) is 0 Å². The maximum atomic E-state index is 14.0. The maximum Gasteiger partial charge on any atom is 0.240 e. The molecule has 0 aliphatic carbocycles. The van der Waals surface area contributed by atoms with Crippen molar-refractivity contribution in [2.24, 2.45) is 16.9 Å². The third kappa shape index (κ3) is 2.55. The van der Waals surface area contributed by atoms with Gasteiger partial charge in [-0.05, 0) is 30.2 Å². The molecule has 0 saturated carbocycles. The van der Waals surface area contributed by atoms with Crippen molar-refractivity contribution < 1.29 is 14.4 Å². The zero-order chi connectivity index (χ0) is 22.7. The minimum absolute atomic E-state index is 0.215. The summed E-state index contributed by atoms with van der Waals surface area (Å²) in [6.45, 7) is 1.75. The van der Waals surface area contributed by atoms with Gasteiger partial charge in [-0.2, -0.15) is 5.10 Å². The molecule has 2 amide bonds. The van der Waals surface area contributed by atoms with Gasteiger partial charge in [0.05, 0.1) is 29.8 Å². The van der Waals surface area contributed by atoms with E-state index in [-0.39, 0.29) is 17.6 Å². The zero-order valence-electron chi connectivity index (χ0n) is 18.0. The Morgan fingerprint density at radius 1 is 0.848 bits per heavy atom. The van der Waals surface area contributed by atoms with Crippen molar-refractivity contribution in [2.75, 3.05) is 4.90 Å². The van der Waals surface area contributed by atoms with Crippen LogP contribution in [0.15, 0.2) is 90.0 Å². The van der Waals surface area contributed by atoms with Crippen LogP contribution in [0.5, 0.6) is 0 Å². The summed E-state index contributed by atoms with van der Waals surface area (Å²) in [5, 5.41) is 6.35. The van der Waals surface area contributed by atoms with E-state index in [1.165, 1.54) is 4.90 Å². The second-order valence-corrected chi connectivity index (χ2v) is 8.86. The molecule has 3 aromatic rings. The molecule has 3 aromatic carbocycles. The molecule has 0 aromatic heterocycles. The van der Waals surface area contributed by atoms with Gasteiger partial charge in [0.1, 0.15) is 5.54 Å². The highest BCUT2D eigenvalue weighted by atomic mass is 16.2. The number of carbonyl (C=O) groups excluding carboxylic acids is 3. The fourth-order valence-electron chi connectivity index (χ4n) is 5.68. The lowest BCUT2D eigenvalue weighted by Gasteiger charge is -2.40. The summed E-state index contributed by atoms with van der Waals surface area (Å²) in [6, 6.07) is 25.1. The molecular formula is C27H21N3O3. The van der Waals surface area contributed by atoms with Crippen molar-refractivity contribution >= 4 is 29.5 Å².